The number of hydrogen-bond acceptors (Lipinski definition) is 11. The molecule has 1 heterocycles. The Labute approximate surface area is 316 Å². The van der Waals surface area contributed by atoms with Gasteiger partial charge in [-0.3, -0.25) is 39.0 Å². The number of carbonyl (C=O) groups is 8. The lowest BCUT2D eigenvalue weighted by molar-refractivity contribution is -0.152. The second-order valence-corrected chi connectivity index (χ2v) is 12.8. The number of hydrogen-bond donors (Lipinski definition) is 8. The quantitative estimate of drug-likeness (QED) is 0.0628. The van der Waals surface area contributed by atoms with Crippen molar-refractivity contribution in [1.29, 1.82) is 0 Å². The maximum atomic E-state index is 13.5. The molecule has 0 spiro atoms. The third-order valence-corrected chi connectivity index (χ3v) is 8.43. The van der Waals surface area contributed by atoms with Crippen molar-refractivity contribution in [2.45, 2.75) is 89.6 Å². The van der Waals surface area contributed by atoms with Crippen molar-refractivity contribution in [3.05, 3.63) is 71.8 Å². The van der Waals surface area contributed by atoms with Gasteiger partial charge in [-0.1, -0.05) is 80.9 Å². The minimum Gasteiger partial charge on any atom is -0.481 e. The lowest BCUT2D eigenvalue weighted by atomic mass is 9.97. The molecule has 55 heavy (non-hydrogen) atoms. The Kier molecular flexibility index (Phi) is 16.5. The van der Waals surface area contributed by atoms with Crippen LogP contribution in [0.3, 0.4) is 0 Å². The van der Waals surface area contributed by atoms with Gasteiger partial charge in [0.1, 0.15) is 31.3 Å². The van der Waals surface area contributed by atoms with Crippen LogP contribution in [0.2, 0.25) is 0 Å². The smallest absolute Gasteiger partial charge is 0.408 e. The number of epoxide rings is 1. The van der Waals surface area contributed by atoms with Crippen molar-refractivity contribution < 1.29 is 63.1 Å². The van der Waals surface area contributed by atoms with Crippen LogP contribution < -0.4 is 26.7 Å². The molecule has 0 bridgehead atoms. The van der Waals surface area contributed by atoms with Crippen LogP contribution in [0.5, 0.6) is 0 Å². The summed E-state index contributed by atoms with van der Waals surface area (Å²) in [7, 11) is 0. The number of aliphatic carboxylic acids is 2. The van der Waals surface area contributed by atoms with E-state index < -0.39 is 109 Å². The zero-order chi connectivity index (χ0) is 40.7. The Morgan fingerprint density at radius 2 is 1.40 bits per heavy atom. The monoisotopic (exact) mass is 770 g/mol. The van der Waals surface area contributed by atoms with Crippen LogP contribution in [0.15, 0.2) is 60.7 Å². The Hall–Kier alpha value is -6.08. The zero-order valence-corrected chi connectivity index (χ0v) is 30.4. The first-order chi connectivity index (χ1) is 26.1. The van der Waals surface area contributed by atoms with Gasteiger partial charge in [0.2, 0.25) is 11.8 Å². The lowest BCUT2D eigenvalue weighted by Crippen LogP contribution is -2.62. The summed E-state index contributed by atoms with van der Waals surface area (Å²) in [5, 5.41) is 39.2. The molecule has 0 radical (unpaired) electrons. The maximum absolute atomic E-state index is 13.5. The molecule has 2 aromatic rings. The van der Waals surface area contributed by atoms with E-state index in [1.807, 2.05) is 5.43 Å². The van der Waals surface area contributed by atoms with Gasteiger partial charge in [-0.05, 0) is 30.4 Å². The van der Waals surface area contributed by atoms with Crippen molar-refractivity contribution in [1.82, 2.24) is 31.7 Å². The minimum atomic E-state index is -1.87. The lowest BCUT2D eigenvalue weighted by Gasteiger charge is -2.29. The van der Waals surface area contributed by atoms with Crippen LogP contribution in [0, 0.1) is 5.92 Å². The summed E-state index contributed by atoms with van der Waals surface area (Å²) in [6, 6.07) is 12.8. The third kappa shape index (κ3) is 14.0. The standard InChI is InChI=1S/C36H46N6O13/c1-4-20(2)27(40-36(53)54-19-23-13-9-6-10-14-23)32(49)38-24(15-16-25(44)45)31(48)39-28(21(3)43)33(50)41-42(18-26(46)47)35(52)30-29(55-30)34(51)37-17-22-11-7-5-8-12-22/h5-14,20-21,24,27-30,43H,4,15-19H2,1-3H3,(H,37,51)(H,38,49)(H,39,48)(H,40,53)(H,41,50)(H,44,45)(H,46,47)/t20-,21+,24-,27-,28-,29+,30+/m0/s1. The molecule has 19 heteroatoms. The first-order valence-electron chi connectivity index (χ1n) is 17.4. The van der Waals surface area contributed by atoms with Crippen molar-refractivity contribution in [3.8, 4) is 0 Å². The second kappa shape index (κ2) is 21.0. The molecule has 19 nitrogen and oxygen atoms in total. The molecule has 1 fully saturated rings. The number of alkyl carbamates (subject to hydrolysis) is 1. The zero-order valence-electron chi connectivity index (χ0n) is 30.4. The molecule has 3 rings (SSSR count). The SMILES string of the molecule is CC[C@H](C)[C@H](NC(=O)OCc1ccccc1)C(=O)N[C@@H](CCC(=O)O)C(=O)N[C@H](C(=O)NN(CC(=O)O)C(=O)[C@@H]1O[C@H]1C(=O)NCc1ccccc1)[C@@H](C)O. The molecule has 0 unspecified atom stereocenters. The predicted molar refractivity (Wildman–Crippen MR) is 190 cm³/mol. The summed E-state index contributed by atoms with van der Waals surface area (Å²) >= 11 is 0. The fourth-order valence-corrected chi connectivity index (χ4v) is 5.10. The highest BCUT2D eigenvalue weighted by atomic mass is 16.6. The van der Waals surface area contributed by atoms with Gasteiger partial charge in [0.05, 0.1) is 6.10 Å². The van der Waals surface area contributed by atoms with E-state index in [1.54, 1.807) is 74.5 Å². The highest BCUT2D eigenvalue weighted by Crippen LogP contribution is 2.24. The summed E-state index contributed by atoms with van der Waals surface area (Å²) in [6.45, 7) is 3.42. The summed E-state index contributed by atoms with van der Waals surface area (Å²) in [6.07, 6.45) is -6.05. The van der Waals surface area contributed by atoms with Gasteiger partial charge in [0, 0.05) is 13.0 Å². The summed E-state index contributed by atoms with van der Waals surface area (Å²) < 4.78 is 10.4. The molecule has 1 aliphatic rings. The highest BCUT2D eigenvalue weighted by Gasteiger charge is 2.52. The van der Waals surface area contributed by atoms with Crippen LogP contribution in [0.1, 0.15) is 51.2 Å². The normalized spacial score (nSPS) is 17.1. The minimum absolute atomic E-state index is 0.0954. The number of hydrazine groups is 1. The first kappa shape index (κ1) is 43.3. The molecule has 6 amide bonds. The predicted octanol–water partition coefficient (Wildman–Crippen LogP) is -0.429. The molecule has 0 aromatic heterocycles. The van der Waals surface area contributed by atoms with E-state index in [0.717, 1.165) is 12.5 Å². The van der Waals surface area contributed by atoms with E-state index >= 15 is 0 Å². The largest absolute Gasteiger partial charge is 0.481 e. The van der Waals surface area contributed by atoms with Gasteiger partial charge in [-0.2, -0.15) is 0 Å². The van der Waals surface area contributed by atoms with Crippen LogP contribution in [0.4, 0.5) is 4.79 Å². The number of carboxylic acids is 2. The first-order valence-corrected chi connectivity index (χ1v) is 17.4. The van der Waals surface area contributed by atoms with Crippen LogP contribution in [-0.4, -0.2) is 111 Å². The molecule has 8 N–H and O–H groups in total. The molecule has 1 saturated heterocycles. The topological polar surface area (TPSA) is 282 Å². The van der Waals surface area contributed by atoms with E-state index in [9.17, 15) is 53.7 Å². The van der Waals surface area contributed by atoms with Gasteiger partial charge in [0.25, 0.3) is 17.7 Å². The summed E-state index contributed by atoms with van der Waals surface area (Å²) in [5.41, 5.74) is 3.48. The van der Waals surface area contributed by atoms with Gasteiger partial charge in [-0.15, -0.1) is 0 Å². The van der Waals surface area contributed by atoms with Gasteiger partial charge in [0.15, 0.2) is 12.2 Å². The second-order valence-electron chi connectivity index (χ2n) is 12.8. The van der Waals surface area contributed by atoms with Crippen LogP contribution in [0.25, 0.3) is 0 Å². The third-order valence-electron chi connectivity index (χ3n) is 8.43. The van der Waals surface area contributed by atoms with Crippen molar-refractivity contribution >= 4 is 47.6 Å². The summed E-state index contributed by atoms with van der Waals surface area (Å²) in [5.74, 6) is -8.43. The molecule has 7 atom stereocenters. The molecule has 1 aliphatic heterocycles. The van der Waals surface area contributed by atoms with Crippen molar-refractivity contribution in [3.63, 3.8) is 0 Å². The number of aliphatic hydroxyl groups excluding tert-OH is 1. The number of carboxylic acid groups (broad SMARTS) is 2. The summed E-state index contributed by atoms with van der Waals surface area (Å²) in [4.78, 5) is 102. The number of carbonyl (C=O) groups excluding carboxylic acids is 6. The number of nitrogens with zero attached hydrogens (tertiary/aromatic N) is 1. The van der Waals surface area contributed by atoms with E-state index in [-0.39, 0.29) is 13.2 Å². The van der Waals surface area contributed by atoms with Crippen LogP contribution >= 0.6 is 0 Å². The molecule has 2 aromatic carbocycles. The fourth-order valence-electron chi connectivity index (χ4n) is 5.10. The average Bonchev–Trinajstić information content (AvgIpc) is 3.96. The van der Waals surface area contributed by atoms with E-state index in [4.69, 9.17) is 9.47 Å². The molecule has 0 saturated carbocycles. The van der Waals surface area contributed by atoms with E-state index in [1.165, 1.54) is 0 Å². The number of benzene rings is 2. The molecule has 298 valence electrons. The van der Waals surface area contributed by atoms with E-state index in [0.29, 0.717) is 17.0 Å². The van der Waals surface area contributed by atoms with E-state index in [2.05, 4.69) is 21.3 Å². The number of nitrogens with one attached hydrogen (secondary N) is 5. The Balaban J connectivity index is 1.68. The van der Waals surface area contributed by atoms with Crippen molar-refractivity contribution in [2.24, 2.45) is 5.92 Å². The number of ether oxygens (including phenoxy) is 2. The number of aliphatic hydroxyl groups is 1. The Morgan fingerprint density at radius 1 is 0.782 bits per heavy atom. The fraction of sp³-hybridized carbons (Fsp3) is 0.444. The Morgan fingerprint density at radius 3 is 1.96 bits per heavy atom. The Bertz CT molecular complexity index is 1680. The number of rotatable bonds is 20. The van der Waals surface area contributed by atoms with Gasteiger partial charge < -0.3 is 46.1 Å². The number of amides is 6. The molecular formula is C36H46N6O13. The van der Waals surface area contributed by atoms with Gasteiger partial charge in [-0.25, -0.2) is 9.80 Å². The molecular weight excluding hydrogens is 724 g/mol. The maximum Gasteiger partial charge on any atom is 0.408 e. The highest BCUT2D eigenvalue weighted by molar-refractivity contribution is 5.98. The van der Waals surface area contributed by atoms with Gasteiger partial charge >= 0.3 is 18.0 Å². The average molecular weight is 771 g/mol. The molecule has 0 aliphatic carbocycles. The van der Waals surface area contributed by atoms with Crippen LogP contribution in [-0.2, 0) is 56.2 Å². The van der Waals surface area contributed by atoms with Crippen molar-refractivity contribution in [2.75, 3.05) is 6.54 Å².